The molecule has 0 atom stereocenters. The summed E-state index contributed by atoms with van der Waals surface area (Å²) in [5.41, 5.74) is 10.7. The van der Waals surface area contributed by atoms with Gasteiger partial charge >= 0.3 is 0 Å². The SMILES string of the molecule is O=c1c(-c2cn3ccccc3c2-c2ccccc2)nc2ccccc2n1CCOCCn1c(=O)c(-c2cn3ccccc3c2-c2ccccc2)nc2ccccc21. The van der Waals surface area contributed by atoms with Crippen LogP contribution in [0.15, 0.2) is 180 Å². The van der Waals surface area contributed by atoms with Gasteiger partial charge in [-0.15, -0.1) is 0 Å². The minimum absolute atomic E-state index is 0.194. The average molecular weight is 745 g/mol. The normalized spacial score (nSPS) is 11.6. The highest BCUT2D eigenvalue weighted by Gasteiger charge is 2.22. The molecule has 0 aliphatic rings. The van der Waals surface area contributed by atoms with Gasteiger partial charge in [0.05, 0.1) is 46.3 Å². The molecule has 10 rings (SSSR count). The summed E-state index contributed by atoms with van der Waals surface area (Å²) in [6.45, 7) is 1.12. The molecule has 10 aromatic rings. The van der Waals surface area contributed by atoms with Crippen molar-refractivity contribution in [2.24, 2.45) is 0 Å². The number of para-hydroxylation sites is 4. The van der Waals surface area contributed by atoms with Crippen molar-refractivity contribution in [2.45, 2.75) is 13.1 Å². The minimum Gasteiger partial charge on any atom is -0.378 e. The summed E-state index contributed by atoms with van der Waals surface area (Å²) in [6, 6.07) is 47.7. The lowest BCUT2D eigenvalue weighted by Gasteiger charge is -2.15. The first kappa shape index (κ1) is 34.2. The Hall–Kier alpha value is -7.36. The Labute approximate surface area is 327 Å². The molecule has 9 nitrogen and oxygen atoms in total. The first-order valence-electron chi connectivity index (χ1n) is 19.0. The van der Waals surface area contributed by atoms with Crippen LogP contribution in [0, 0.1) is 0 Å². The zero-order valence-electron chi connectivity index (χ0n) is 30.9. The number of pyridine rings is 2. The van der Waals surface area contributed by atoms with E-state index in [1.165, 1.54) is 0 Å². The second kappa shape index (κ2) is 14.4. The van der Waals surface area contributed by atoms with E-state index >= 15 is 0 Å². The summed E-state index contributed by atoms with van der Waals surface area (Å²) >= 11 is 0. The molecule has 0 saturated heterocycles. The van der Waals surface area contributed by atoms with E-state index in [0.717, 1.165) is 66.5 Å². The first-order valence-corrected chi connectivity index (χ1v) is 19.0. The number of nitrogens with zero attached hydrogens (tertiary/aromatic N) is 6. The lowest BCUT2D eigenvalue weighted by molar-refractivity contribution is 0.119. The molecule has 0 N–H and O–H groups in total. The van der Waals surface area contributed by atoms with Crippen LogP contribution in [0.1, 0.15) is 0 Å². The van der Waals surface area contributed by atoms with Crippen molar-refractivity contribution in [2.75, 3.05) is 13.2 Å². The number of fused-ring (bicyclic) bond motifs is 4. The predicted octanol–water partition coefficient (Wildman–Crippen LogP) is 9.00. The second-order valence-corrected chi connectivity index (χ2v) is 14.0. The van der Waals surface area contributed by atoms with Gasteiger partial charge in [0.15, 0.2) is 0 Å². The first-order chi connectivity index (χ1) is 28.1. The van der Waals surface area contributed by atoms with Gasteiger partial charge in [-0.3, -0.25) is 9.59 Å². The third-order valence-corrected chi connectivity index (χ3v) is 10.6. The Morgan fingerprint density at radius 2 is 0.825 bits per heavy atom. The maximum Gasteiger partial charge on any atom is 0.277 e. The van der Waals surface area contributed by atoms with Crippen molar-refractivity contribution >= 4 is 33.1 Å². The van der Waals surface area contributed by atoms with Crippen molar-refractivity contribution in [1.29, 1.82) is 0 Å². The Kier molecular flexibility index (Phi) is 8.61. The van der Waals surface area contributed by atoms with E-state index in [4.69, 9.17) is 14.7 Å². The number of hydrogen-bond acceptors (Lipinski definition) is 5. The van der Waals surface area contributed by atoms with Gasteiger partial charge in [-0.25, -0.2) is 9.97 Å². The second-order valence-electron chi connectivity index (χ2n) is 14.0. The molecular formula is C48H36N6O3. The maximum atomic E-state index is 14.5. The highest BCUT2D eigenvalue weighted by Crippen LogP contribution is 2.37. The molecule has 0 fully saturated rings. The maximum absolute atomic E-state index is 14.5. The fourth-order valence-corrected chi connectivity index (χ4v) is 8.01. The zero-order chi connectivity index (χ0) is 38.3. The standard InChI is InChI=1S/C48H36N6O3/c55-47-45(35-31-51-25-13-11-23-41(51)43(35)33-15-3-1-4-16-33)49-37-19-7-9-21-39(37)53(47)27-29-57-30-28-54-40-22-10-8-20-38(40)50-46(48(54)56)36-32-52-26-14-12-24-42(52)44(36)34-17-5-2-6-18-34/h1-26,31-32H,27-30H2. The summed E-state index contributed by atoms with van der Waals surface area (Å²) in [7, 11) is 0. The van der Waals surface area contributed by atoms with Gasteiger partial charge < -0.3 is 22.7 Å². The Morgan fingerprint density at radius 3 is 1.28 bits per heavy atom. The van der Waals surface area contributed by atoms with Crippen LogP contribution in [-0.2, 0) is 17.8 Å². The number of ether oxygens (including phenoxy) is 1. The molecule has 4 aromatic carbocycles. The van der Waals surface area contributed by atoms with Gasteiger partial charge in [0.25, 0.3) is 11.1 Å². The van der Waals surface area contributed by atoms with Crippen LogP contribution in [0.25, 0.3) is 77.9 Å². The van der Waals surface area contributed by atoms with E-state index in [0.29, 0.717) is 24.5 Å². The monoisotopic (exact) mass is 744 g/mol. The van der Waals surface area contributed by atoms with Crippen LogP contribution in [-0.4, -0.2) is 41.1 Å². The van der Waals surface area contributed by atoms with E-state index in [1.807, 2.05) is 143 Å². The Morgan fingerprint density at radius 1 is 0.439 bits per heavy atom. The molecule has 0 saturated carbocycles. The van der Waals surface area contributed by atoms with E-state index in [2.05, 4.69) is 36.4 Å². The molecular weight excluding hydrogens is 709 g/mol. The molecule has 0 aliphatic carbocycles. The van der Waals surface area contributed by atoms with Crippen LogP contribution in [0.3, 0.4) is 0 Å². The van der Waals surface area contributed by atoms with Crippen LogP contribution in [0.5, 0.6) is 0 Å². The highest BCUT2D eigenvalue weighted by atomic mass is 16.5. The molecule has 9 heteroatoms. The van der Waals surface area contributed by atoms with Gasteiger partial charge in [-0.1, -0.05) is 97.1 Å². The summed E-state index contributed by atoms with van der Waals surface area (Å²) in [6.07, 6.45) is 7.95. The summed E-state index contributed by atoms with van der Waals surface area (Å²) < 4.78 is 13.8. The fourth-order valence-electron chi connectivity index (χ4n) is 8.01. The quantitative estimate of drug-likeness (QED) is 0.131. The molecule has 6 aromatic heterocycles. The Balaban J connectivity index is 0.973. The van der Waals surface area contributed by atoms with Crippen molar-refractivity contribution < 1.29 is 4.74 Å². The lowest BCUT2D eigenvalue weighted by Crippen LogP contribution is -2.27. The van der Waals surface area contributed by atoms with Crippen molar-refractivity contribution in [1.82, 2.24) is 27.9 Å². The molecule has 0 unspecified atom stereocenters. The molecule has 6 heterocycles. The molecule has 276 valence electrons. The third-order valence-electron chi connectivity index (χ3n) is 10.6. The van der Waals surface area contributed by atoms with Crippen LogP contribution in [0.2, 0.25) is 0 Å². The zero-order valence-corrected chi connectivity index (χ0v) is 30.9. The van der Waals surface area contributed by atoms with Crippen molar-refractivity contribution in [3.05, 3.63) is 191 Å². The molecule has 57 heavy (non-hydrogen) atoms. The van der Waals surface area contributed by atoms with Gasteiger partial charge in [0.1, 0.15) is 11.4 Å². The number of rotatable bonds is 10. The number of hydrogen-bond donors (Lipinski definition) is 0. The topological polar surface area (TPSA) is 87.8 Å². The van der Waals surface area contributed by atoms with Gasteiger partial charge in [-0.05, 0) is 59.7 Å². The average Bonchev–Trinajstić information content (AvgIpc) is 3.84. The van der Waals surface area contributed by atoms with Gasteiger partial charge in [-0.2, -0.15) is 0 Å². The number of benzene rings is 4. The molecule has 0 bridgehead atoms. The van der Waals surface area contributed by atoms with E-state index in [-0.39, 0.29) is 24.3 Å². The molecule has 0 aliphatic heterocycles. The predicted molar refractivity (Wildman–Crippen MR) is 226 cm³/mol. The third kappa shape index (κ3) is 6.01. The van der Waals surface area contributed by atoms with Crippen LogP contribution < -0.4 is 11.1 Å². The van der Waals surface area contributed by atoms with Crippen LogP contribution in [0.4, 0.5) is 0 Å². The van der Waals surface area contributed by atoms with E-state index in [9.17, 15) is 9.59 Å². The van der Waals surface area contributed by atoms with Gasteiger partial charge in [0, 0.05) is 60.1 Å². The number of aromatic nitrogens is 6. The lowest BCUT2D eigenvalue weighted by atomic mass is 10.0. The van der Waals surface area contributed by atoms with E-state index in [1.54, 1.807) is 9.13 Å². The van der Waals surface area contributed by atoms with Crippen LogP contribution >= 0.6 is 0 Å². The Bertz CT molecular complexity index is 3000. The van der Waals surface area contributed by atoms with Crippen molar-refractivity contribution in [3.8, 4) is 44.8 Å². The molecule has 0 amide bonds. The van der Waals surface area contributed by atoms with Gasteiger partial charge in [0.2, 0.25) is 0 Å². The minimum atomic E-state index is -0.194. The summed E-state index contributed by atoms with van der Waals surface area (Å²) in [4.78, 5) is 38.8. The van der Waals surface area contributed by atoms with E-state index < -0.39 is 0 Å². The highest BCUT2D eigenvalue weighted by molar-refractivity contribution is 5.96. The summed E-state index contributed by atoms with van der Waals surface area (Å²) in [5.74, 6) is 0. The van der Waals surface area contributed by atoms with Crippen molar-refractivity contribution in [3.63, 3.8) is 0 Å². The fraction of sp³-hybridized carbons (Fsp3) is 0.0833. The smallest absolute Gasteiger partial charge is 0.277 e. The molecule has 0 spiro atoms. The molecule has 0 radical (unpaired) electrons. The summed E-state index contributed by atoms with van der Waals surface area (Å²) in [5, 5.41) is 0. The largest absolute Gasteiger partial charge is 0.378 e.